The Bertz CT molecular complexity index is 600. The summed E-state index contributed by atoms with van der Waals surface area (Å²) in [6, 6.07) is 8.35. The number of amides is 1. The Morgan fingerprint density at radius 3 is 2.80 bits per heavy atom. The summed E-state index contributed by atoms with van der Waals surface area (Å²) in [5.41, 5.74) is 2.80. The fourth-order valence-electron chi connectivity index (χ4n) is 2.24. The van der Waals surface area contributed by atoms with Crippen LogP contribution >= 0.6 is 11.8 Å². The average molecular weight is 285 g/mol. The number of rotatable bonds is 2. The third-order valence-electron chi connectivity index (χ3n) is 3.30. The van der Waals surface area contributed by atoms with E-state index in [1.807, 2.05) is 4.90 Å². The minimum Gasteiger partial charge on any atom is -0.320 e. The third kappa shape index (κ3) is 2.54. The van der Waals surface area contributed by atoms with Crippen LogP contribution in [0, 0.1) is 6.92 Å². The molecule has 2 aromatic rings. The van der Waals surface area contributed by atoms with Crippen LogP contribution in [-0.2, 0) is 0 Å². The summed E-state index contributed by atoms with van der Waals surface area (Å²) in [6.45, 7) is 2.81. The van der Waals surface area contributed by atoms with Crippen LogP contribution in [-0.4, -0.2) is 33.1 Å². The molecular weight excluding hydrogens is 270 g/mol. The largest absolute Gasteiger partial charge is 0.320 e. The first-order valence-corrected chi connectivity index (χ1v) is 7.56. The van der Waals surface area contributed by atoms with E-state index in [2.05, 4.69) is 41.2 Å². The van der Waals surface area contributed by atoms with Gasteiger partial charge in [0.1, 0.15) is 11.1 Å². The number of aromatic nitrogens is 2. The summed E-state index contributed by atoms with van der Waals surface area (Å²) in [6.07, 6.45) is 4.65. The number of carbonyl (C=O) groups excluding carboxylic acids is 1. The van der Waals surface area contributed by atoms with Gasteiger partial charge in [-0.1, -0.05) is 29.8 Å². The van der Waals surface area contributed by atoms with Gasteiger partial charge in [-0.15, -0.1) is 11.8 Å². The summed E-state index contributed by atoms with van der Waals surface area (Å²) in [5, 5.41) is 0.0742. The van der Waals surface area contributed by atoms with Crippen LogP contribution in [0.1, 0.15) is 27.0 Å². The molecule has 1 aromatic heterocycles. The molecular formula is C15H15N3OS. The number of aryl methyl sites for hydroxylation is 1. The monoisotopic (exact) mass is 285 g/mol. The van der Waals surface area contributed by atoms with Crippen molar-refractivity contribution in [3.8, 4) is 0 Å². The summed E-state index contributed by atoms with van der Waals surface area (Å²) < 4.78 is 0. The Kier molecular flexibility index (Phi) is 3.69. The molecule has 2 heterocycles. The van der Waals surface area contributed by atoms with Crippen molar-refractivity contribution in [3.63, 3.8) is 0 Å². The van der Waals surface area contributed by atoms with Crippen LogP contribution in [0.4, 0.5) is 0 Å². The van der Waals surface area contributed by atoms with Crippen LogP contribution in [0.5, 0.6) is 0 Å². The molecule has 1 aromatic carbocycles. The lowest BCUT2D eigenvalue weighted by Crippen LogP contribution is -2.31. The fraction of sp³-hybridized carbons (Fsp3) is 0.267. The van der Waals surface area contributed by atoms with Gasteiger partial charge in [0, 0.05) is 24.7 Å². The van der Waals surface area contributed by atoms with Crippen LogP contribution < -0.4 is 0 Å². The van der Waals surface area contributed by atoms with Crippen molar-refractivity contribution < 1.29 is 4.79 Å². The molecule has 1 unspecified atom stereocenters. The molecule has 0 radical (unpaired) electrons. The quantitative estimate of drug-likeness (QED) is 0.851. The average Bonchev–Trinajstić information content (AvgIpc) is 2.97. The molecule has 20 heavy (non-hydrogen) atoms. The van der Waals surface area contributed by atoms with Gasteiger partial charge in [-0.25, -0.2) is 4.98 Å². The predicted molar refractivity (Wildman–Crippen MR) is 79.4 cm³/mol. The van der Waals surface area contributed by atoms with Crippen molar-refractivity contribution in [1.29, 1.82) is 0 Å². The topological polar surface area (TPSA) is 46.1 Å². The second-order valence-corrected chi connectivity index (χ2v) is 5.91. The molecule has 0 N–H and O–H groups in total. The lowest BCUT2D eigenvalue weighted by molar-refractivity contribution is 0.0754. The number of hydrogen-bond donors (Lipinski definition) is 0. The molecule has 102 valence electrons. The highest BCUT2D eigenvalue weighted by Crippen LogP contribution is 2.38. The highest BCUT2D eigenvalue weighted by atomic mass is 32.2. The molecule has 1 amide bonds. The first-order valence-electron chi connectivity index (χ1n) is 6.51. The highest BCUT2D eigenvalue weighted by molar-refractivity contribution is 7.99. The smallest absolute Gasteiger partial charge is 0.275 e. The lowest BCUT2D eigenvalue weighted by Gasteiger charge is -2.23. The maximum Gasteiger partial charge on any atom is 0.275 e. The Hall–Kier alpha value is -1.88. The molecule has 1 fully saturated rings. The molecule has 3 rings (SSSR count). The van der Waals surface area contributed by atoms with E-state index >= 15 is 0 Å². The van der Waals surface area contributed by atoms with Crippen molar-refractivity contribution in [1.82, 2.24) is 14.9 Å². The van der Waals surface area contributed by atoms with Gasteiger partial charge in [-0.2, -0.15) is 0 Å². The molecule has 1 aliphatic rings. The minimum absolute atomic E-state index is 0.0475. The maximum atomic E-state index is 12.5. The van der Waals surface area contributed by atoms with E-state index in [-0.39, 0.29) is 11.3 Å². The van der Waals surface area contributed by atoms with Crippen LogP contribution in [0.25, 0.3) is 0 Å². The van der Waals surface area contributed by atoms with Gasteiger partial charge in [-0.05, 0) is 12.5 Å². The zero-order chi connectivity index (χ0) is 13.9. The minimum atomic E-state index is -0.0475. The molecule has 1 atom stereocenters. The summed E-state index contributed by atoms with van der Waals surface area (Å²) in [7, 11) is 0. The first kappa shape index (κ1) is 13.1. The van der Waals surface area contributed by atoms with E-state index < -0.39 is 0 Å². The van der Waals surface area contributed by atoms with E-state index in [4.69, 9.17) is 0 Å². The van der Waals surface area contributed by atoms with Crippen molar-refractivity contribution >= 4 is 17.7 Å². The number of carbonyl (C=O) groups is 1. The third-order valence-corrected chi connectivity index (χ3v) is 4.56. The predicted octanol–water partition coefficient (Wildman–Crippen LogP) is 2.67. The molecule has 5 heteroatoms. The second kappa shape index (κ2) is 5.63. The molecule has 0 saturated carbocycles. The van der Waals surface area contributed by atoms with Gasteiger partial charge >= 0.3 is 0 Å². The normalized spacial score (nSPS) is 18.2. The zero-order valence-electron chi connectivity index (χ0n) is 11.2. The number of thioether (sulfide) groups is 1. The van der Waals surface area contributed by atoms with Crippen LogP contribution in [0.3, 0.4) is 0 Å². The number of hydrogen-bond acceptors (Lipinski definition) is 4. The Balaban J connectivity index is 1.86. The standard InChI is InChI=1S/C15H15N3OS/c1-11-2-4-12(5-3-11)15-18(8-9-20-15)14(19)13-10-16-6-7-17-13/h2-7,10,15H,8-9H2,1H3. The molecule has 0 spiro atoms. The van der Waals surface area contributed by atoms with Crippen LogP contribution in [0.2, 0.25) is 0 Å². The van der Waals surface area contributed by atoms with Gasteiger partial charge in [0.25, 0.3) is 5.91 Å². The highest BCUT2D eigenvalue weighted by Gasteiger charge is 2.31. The fourth-order valence-corrected chi connectivity index (χ4v) is 3.50. The molecule has 4 nitrogen and oxygen atoms in total. The van der Waals surface area contributed by atoms with Gasteiger partial charge in [0.05, 0.1) is 6.20 Å². The van der Waals surface area contributed by atoms with Gasteiger partial charge in [-0.3, -0.25) is 9.78 Å². The molecule has 1 saturated heterocycles. The SMILES string of the molecule is Cc1ccc(C2SCCN2C(=O)c2cnccn2)cc1. The van der Waals surface area contributed by atoms with Gasteiger partial charge in [0.15, 0.2) is 0 Å². The van der Waals surface area contributed by atoms with E-state index in [1.165, 1.54) is 11.8 Å². The van der Waals surface area contributed by atoms with Crippen molar-refractivity contribution in [2.24, 2.45) is 0 Å². The second-order valence-electron chi connectivity index (χ2n) is 4.72. The van der Waals surface area contributed by atoms with E-state index in [0.29, 0.717) is 5.69 Å². The molecule has 0 aliphatic carbocycles. The zero-order valence-corrected chi connectivity index (χ0v) is 12.0. The molecule has 0 bridgehead atoms. The van der Waals surface area contributed by atoms with Crippen molar-refractivity contribution in [3.05, 3.63) is 59.7 Å². The van der Waals surface area contributed by atoms with E-state index in [0.717, 1.165) is 17.9 Å². The van der Waals surface area contributed by atoms with E-state index in [9.17, 15) is 4.79 Å². The maximum absolute atomic E-state index is 12.5. The number of benzene rings is 1. The summed E-state index contributed by atoms with van der Waals surface area (Å²) in [5.74, 6) is 0.901. The van der Waals surface area contributed by atoms with Crippen molar-refractivity contribution in [2.45, 2.75) is 12.3 Å². The first-order chi connectivity index (χ1) is 9.75. The Morgan fingerprint density at radius 2 is 2.10 bits per heavy atom. The number of nitrogens with zero attached hydrogens (tertiary/aromatic N) is 3. The Labute approximate surface area is 122 Å². The van der Waals surface area contributed by atoms with E-state index in [1.54, 1.807) is 24.2 Å². The van der Waals surface area contributed by atoms with Gasteiger partial charge < -0.3 is 4.90 Å². The van der Waals surface area contributed by atoms with Crippen LogP contribution in [0.15, 0.2) is 42.9 Å². The summed E-state index contributed by atoms with van der Waals surface area (Å²) in [4.78, 5) is 22.5. The summed E-state index contributed by atoms with van der Waals surface area (Å²) >= 11 is 1.79. The van der Waals surface area contributed by atoms with Gasteiger partial charge in [0.2, 0.25) is 0 Å². The lowest BCUT2D eigenvalue weighted by atomic mass is 10.1. The molecule has 1 aliphatic heterocycles. The van der Waals surface area contributed by atoms with Crippen molar-refractivity contribution in [2.75, 3.05) is 12.3 Å². The Morgan fingerprint density at radius 1 is 1.30 bits per heavy atom.